The third-order valence-corrected chi connectivity index (χ3v) is 7.14. The number of carbonyl (C=O) groups excluding carboxylic acids is 1. The van der Waals surface area contributed by atoms with Crippen molar-refractivity contribution in [3.63, 3.8) is 0 Å². The van der Waals surface area contributed by atoms with E-state index in [2.05, 4.69) is 0 Å². The maximum absolute atomic E-state index is 12.9. The highest BCUT2D eigenvalue weighted by molar-refractivity contribution is 7.89. The monoisotopic (exact) mass is 454 g/mol. The lowest BCUT2D eigenvalue weighted by Gasteiger charge is -2.34. The van der Waals surface area contributed by atoms with Crippen LogP contribution in [0.2, 0.25) is 5.02 Å². The summed E-state index contributed by atoms with van der Waals surface area (Å²) < 4.78 is 37.7. The SMILES string of the molecule is COc1ccc(C(=O)N2CCN(S(=O)(=O)c3ccccc3Cl)CC2)cc1OCCO. The van der Waals surface area contributed by atoms with Crippen LogP contribution in [0.5, 0.6) is 11.5 Å². The van der Waals surface area contributed by atoms with Gasteiger partial charge in [0.2, 0.25) is 10.0 Å². The van der Waals surface area contributed by atoms with Gasteiger partial charge in [-0.2, -0.15) is 4.31 Å². The number of aliphatic hydroxyl groups is 1. The fraction of sp³-hybridized carbons (Fsp3) is 0.350. The summed E-state index contributed by atoms with van der Waals surface area (Å²) in [4.78, 5) is 14.6. The molecule has 1 amide bonds. The first-order valence-corrected chi connectivity index (χ1v) is 11.2. The highest BCUT2D eigenvalue weighted by Crippen LogP contribution is 2.29. The number of benzene rings is 2. The van der Waals surface area contributed by atoms with Crippen molar-refractivity contribution >= 4 is 27.5 Å². The summed E-state index contributed by atoms with van der Waals surface area (Å²) in [5.41, 5.74) is 0.395. The summed E-state index contributed by atoms with van der Waals surface area (Å²) in [5, 5.41) is 9.13. The molecule has 2 aromatic rings. The van der Waals surface area contributed by atoms with Crippen LogP contribution in [-0.2, 0) is 10.0 Å². The molecule has 3 rings (SSSR count). The molecule has 0 saturated carbocycles. The van der Waals surface area contributed by atoms with E-state index < -0.39 is 10.0 Å². The number of sulfonamides is 1. The van der Waals surface area contributed by atoms with Crippen LogP contribution in [0.4, 0.5) is 0 Å². The molecule has 0 spiro atoms. The lowest BCUT2D eigenvalue weighted by atomic mass is 10.1. The lowest BCUT2D eigenvalue weighted by Crippen LogP contribution is -2.50. The predicted molar refractivity (Wildman–Crippen MR) is 112 cm³/mol. The number of amides is 1. The van der Waals surface area contributed by atoms with Gasteiger partial charge in [0, 0.05) is 31.7 Å². The minimum absolute atomic E-state index is 0.0623. The Kier molecular flexibility index (Phi) is 7.19. The number of hydrogen-bond donors (Lipinski definition) is 1. The summed E-state index contributed by atoms with van der Waals surface area (Å²) in [6, 6.07) is 11.1. The van der Waals surface area contributed by atoms with Gasteiger partial charge < -0.3 is 19.5 Å². The van der Waals surface area contributed by atoms with E-state index in [1.54, 1.807) is 35.2 Å². The minimum Gasteiger partial charge on any atom is -0.493 e. The van der Waals surface area contributed by atoms with Crippen LogP contribution < -0.4 is 9.47 Å². The Balaban J connectivity index is 1.70. The first kappa shape index (κ1) is 22.4. The third kappa shape index (κ3) is 4.70. The number of ether oxygens (including phenoxy) is 2. The molecule has 162 valence electrons. The van der Waals surface area contributed by atoms with E-state index in [1.165, 1.54) is 23.5 Å². The van der Waals surface area contributed by atoms with E-state index in [9.17, 15) is 13.2 Å². The van der Waals surface area contributed by atoms with Gasteiger partial charge in [-0.05, 0) is 30.3 Å². The van der Waals surface area contributed by atoms with Gasteiger partial charge in [0.05, 0.1) is 18.7 Å². The molecule has 0 atom stereocenters. The van der Waals surface area contributed by atoms with E-state index in [-0.39, 0.29) is 55.2 Å². The summed E-state index contributed by atoms with van der Waals surface area (Å²) in [7, 11) is -2.24. The first-order chi connectivity index (χ1) is 14.4. The van der Waals surface area contributed by atoms with E-state index in [0.717, 1.165) is 0 Å². The van der Waals surface area contributed by atoms with Gasteiger partial charge in [-0.3, -0.25) is 4.79 Å². The number of halogens is 1. The van der Waals surface area contributed by atoms with E-state index in [0.29, 0.717) is 17.1 Å². The van der Waals surface area contributed by atoms with Gasteiger partial charge in [0.15, 0.2) is 11.5 Å². The van der Waals surface area contributed by atoms with Crippen LogP contribution in [0.25, 0.3) is 0 Å². The topological polar surface area (TPSA) is 96.4 Å². The summed E-state index contributed by atoms with van der Waals surface area (Å²) in [6.07, 6.45) is 0. The summed E-state index contributed by atoms with van der Waals surface area (Å²) in [5.74, 6) is 0.578. The Hall–Kier alpha value is -2.33. The molecule has 1 aliphatic heterocycles. The predicted octanol–water partition coefficient (Wildman–Crippen LogP) is 1.87. The Labute approximate surface area is 180 Å². The van der Waals surface area contributed by atoms with Crippen LogP contribution >= 0.6 is 11.6 Å². The number of methoxy groups -OCH3 is 1. The quantitative estimate of drug-likeness (QED) is 0.686. The second-order valence-electron chi connectivity index (χ2n) is 6.56. The average molecular weight is 455 g/mol. The first-order valence-electron chi connectivity index (χ1n) is 9.34. The van der Waals surface area contributed by atoms with E-state index in [4.69, 9.17) is 26.2 Å². The van der Waals surface area contributed by atoms with Crippen LogP contribution in [-0.4, -0.2) is 75.1 Å². The third-order valence-electron chi connectivity index (χ3n) is 4.74. The van der Waals surface area contributed by atoms with Crippen LogP contribution in [0.3, 0.4) is 0 Å². The van der Waals surface area contributed by atoms with Crippen molar-refractivity contribution in [3.8, 4) is 11.5 Å². The molecule has 8 nitrogen and oxygen atoms in total. The van der Waals surface area contributed by atoms with Crippen molar-refractivity contribution in [2.75, 3.05) is 46.5 Å². The van der Waals surface area contributed by atoms with Crippen molar-refractivity contribution in [2.24, 2.45) is 0 Å². The largest absolute Gasteiger partial charge is 0.493 e. The maximum atomic E-state index is 12.9. The fourth-order valence-corrected chi connectivity index (χ4v) is 5.10. The molecular formula is C20H23ClN2O6S. The number of carbonyl (C=O) groups is 1. The molecule has 30 heavy (non-hydrogen) atoms. The van der Waals surface area contributed by atoms with Crippen LogP contribution in [0.15, 0.2) is 47.4 Å². The zero-order chi connectivity index (χ0) is 21.7. The van der Waals surface area contributed by atoms with Gasteiger partial charge >= 0.3 is 0 Å². The van der Waals surface area contributed by atoms with Crippen molar-refractivity contribution in [2.45, 2.75) is 4.90 Å². The molecule has 1 aliphatic rings. The van der Waals surface area contributed by atoms with Crippen LogP contribution in [0.1, 0.15) is 10.4 Å². The minimum atomic E-state index is -3.73. The smallest absolute Gasteiger partial charge is 0.254 e. The second kappa shape index (κ2) is 9.65. The molecule has 0 aliphatic carbocycles. The number of piperazine rings is 1. The second-order valence-corrected chi connectivity index (χ2v) is 8.88. The van der Waals surface area contributed by atoms with Gasteiger partial charge in [0.1, 0.15) is 11.5 Å². The van der Waals surface area contributed by atoms with Gasteiger partial charge in [-0.25, -0.2) is 8.42 Å². The highest BCUT2D eigenvalue weighted by Gasteiger charge is 2.31. The standard InChI is InChI=1S/C20H23ClN2O6S/c1-28-17-7-6-15(14-18(17)29-13-12-24)20(25)22-8-10-23(11-9-22)30(26,27)19-5-3-2-4-16(19)21/h2-7,14,24H,8-13H2,1H3. The van der Waals surface area contributed by atoms with Gasteiger partial charge in [-0.1, -0.05) is 23.7 Å². The lowest BCUT2D eigenvalue weighted by molar-refractivity contribution is 0.0697. The Morgan fingerprint density at radius 3 is 2.43 bits per heavy atom. The average Bonchev–Trinajstić information content (AvgIpc) is 2.77. The summed E-state index contributed by atoms with van der Waals surface area (Å²) in [6.45, 7) is 0.755. The molecule has 10 heteroatoms. The number of hydrogen-bond acceptors (Lipinski definition) is 6. The van der Waals surface area contributed by atoms with Crippen molar-refractivity contribution < 1.29 is 27.8 Å². The van der Waals surface area contributed by atoms with Gasteiger partial charge in [-0.15, -0.1) is 0 Å². The van der Waals surface area contributed by atoms with Crippen molar-refractivity contribution in [1.29, 1.82) is 0 Å². The highest BCUT2D eigenvalue weighted by atomic mass is 35.5. The van der Waals surface area contributed by atoms with Crippen LogP contribution in [0, 0.1) is 0 Å². The normalized spacial score (nSPS) is 15.1. The molecule has 2 aromatic carbocycles. The van der Waals surface area contributed by atoms with E-state index in [1.807, 2.05) is 0 Å². The van der Waals surface area contributed by atoms with Gasteiger partial charge in [0.25, 0.3) is 5.91 Å². The molecular weight excluding hydrogens is 432 g/mol. The molecule has 1 heterocycles. The Morgan fingerprint density at radius 1 is 1.10 bits per heavy atom. The van der Waals surface area contributed by atoms with E-state index >= 15 is 0 Å². The fourth-order valence-electron chi connectivity index (χ4n) is 3.19. The molecule has 0 unspecified atom stereocenters. The molecule has 0 radical (unpaired) electrons. The molecule has 1 N–H and O–H groups in total. The zero-order valence-electron chi connectivity index (χ0n) is 16.5. The van der Waals surface area contributed by atoms with Crippen molar-refractivity contribution in [1.82, 2.24) is 9.21 Å². The zero-order valence-corrected chi connectivity index (χ0v) is 18.0. The Morgan fingerprint density at radius 2 is 1.80 bits per heavy atom. The molecule has 1 saturated heterocycles. The molecule has 1 fully saturated rings. The Bertz CT molecular complexity index is 1010. The number of aliphatic hydroxyl groups excluding tert-OH is 1. The molecule has 0 bridgehead atoms. The number of rotatable bonds is 7. The molecule has 0 aromatic heterocycles. The number of nitrogens with zero attached hydrogens (tertiary/aromatic N) is 2. The summed E-state index contributed by atoms with van der Waals surface area (Å²) >= 11 is 6.05. The maximum Gasteiger partial charge on any atom is 0.254 e. The van der Waals surface area contributed by atoms with Crippen molar-refractivity contribution in [3.05, 3.63) is 53.1 Å².